The number of nitrogens with one attached hydrogen (secondary N) is 2. The molecule has 0 unspecified atom stereocenters. The monoisotopic (exact) mass is 281 g/mol. The van der Waals surface area contributed by atoms with E-state index in [1.54, 1.807) is 17.7 Å². The molecule has 0 atom stereocenters. The van der Waals surface area contributed by atoms with Gasteiger partial charge in [0.25, 0.3) is 0 Å². The first-order valence-electron chi connectivity index (χ1n) is 5.79. The topological polar surface area (TPSA) is 115 Å². The van der Waals surface area contributed by atoms with Gasteiger partial charge in [-0.1, -0.05) is 6.92 Å². The van der Waals surface area contributed by atoms with Gasteiger partial charge in [0.15, 0.2) is 5.16 Å². The molecule has 0 amide bonds. The number of hydrogen-bond acceptors (Lipinski definition) is 7. The van der Waals surface area contributed by atoms with Gasteiger partial charge in [-0.2, -0.15) is 4.98 Å². The summed E-state index contributed by atoms with van der Waals surface area (Å²) in [6, 6.07) is 1.75. The SMILES string of the molecule is CCCn1c(Sc2cc(NC)nc(N)n2)n[nH]c1=O. The normalized spacial score (nSPS) is 10.6. The maximum Gasteiger partial charge on any atom is 0.343 e. The predicted molar refractivity (Wildman–Crippen MR) is 73.3 cm³/mol. The lowest BCUT2D eigenvalue weighted by molar-refractivity contribution is 0.603. The molecule has 2 heterocycles. The standard InChI is InChI=1S/C10H15N7OS/c1-3-4-17-9(18)15-16-10(17)19-7-5-6(12-2)13-8(11)14-7/h5H,3-4H2,1-2H3,(H,15,18)(H3,11,12,13,14). The van der Waals surface area contributed by atoms with Crippen molar-refractivity contribution in [2.45, 2.75) is 30.1 Å². The fraction of sp³-hybridized carbons (Fsp3) is 0.400. The molecule has 2 rings (SSSR count). The summed E-state index contributed by atoms with van der Waals surface area (Å²) in [7, 11) is 1.75. The van der Waals surface area contributed by atoms with Crippen molar-refractivity contribution >= 4 is 23.5 Å². The van der Waals surface area contributed by atoms with Crippen LogP contribution < -0.4 is 16.7 Å². The highest BCUT2D eigenvalue weighted by atomic mass is 32.2. The smallest absolute Gasteiger partial charge is 0.343 e. The Morgan fingerprint density at radius 1 is 1.53 bits per heavy atom. The van der Waals surface area contributed by atoms with Crippen LogP contribution in [-0.4, -0.2) is 31.8 Å². The van der Waals surface area contributed by atoms with Crippen LogP contribution in [0.5, 0.6) is 0 Å². The Balaban J connectivity index is 2.30. The number of aromatic nitrogens is 5. The van der Waals surface area contributed by atoms with Gasteiger partial charge < -0.3 is 11.1 Å². The summed E-state index contributed by atoms with van der Waals surface area (Å²) in [5, 5.41) is 10.5. The van der Waals surface area contributed by atoms with E-state index in [9.17, 15) is 4.79 Å². The molecule has 0 saturated carbocycles. The summed E-state index contributed by atoms with van der Waals surface area (Å²) in [5.41, 5.74) is 5.40. The zero-order valence-corrected chi connectivity index (χ0v) is 11.5. The summed E-state index contributed by atoms with van der Waals surface area (Å²) in [4.78, 5) is 19.7. The molecule has 0 bridgehead atoms. The Bertz CT molecular complexity index is 621. The first-order chi connectivity index (χ1) is 9.13. The van der Waals surface area contributed by atoms with Crippen LogP contribution in [0, 0.1) is 0 Å². The Morgan fingerprint density at radius 3 is 3.00 bits per heavy atom. The van der Waals surface area contributed by atoms with Crippen LogP contribution in [0.2, 0.25) is 0 Å². The van der Waals surface area contributed by atoms with E-state index < -0.39 is 0 Å². The summed E-state index contributed by atoms with van der Waals surface area (Å²) >= 11 is 1.27. The molecule has 0 aliphatic carbocycles. The lowest BCUT2D eigenvalue weighted by Gasteiger charge is -2.05. The predicted octanol–water partition coefficient (Wildman–Crippen LogP) is 0.546. The maximum absolute atomic E-state index is 11.6. The molecule has 9 heteroatoms. The average molecular weight is 281 g/mol. The maximum atomic E-state index is 11.6. The van der Waals surface area contributed by atoms with Crippen LogP contribution in [0.3, 0.4) is 0 Å². The Morgan fingerprint density at radius 2 is 2.32 bits per heavy atom. The van der Waals surface area contributed by atoms with Crippen LogP contribution in [0.4, 0.5) is 11.8 Å². The van der Waals surface area contributed by atoms with Crippen LogP contribution in [0.15, 0.2) is 21.0 Å². The molecule has 0 aliphatic heterocycles. The van der Waals surface area contributed by atoms with Crippen LogP contribution >= 0.6 is 11.8 Å². The van der Waals surface area contributed by atoms with Gasteiger partial charge >= 0.3 is 5.69 Å². The summed E-state index contributed by atoms with van der Waals surface area (Å²) in [5.74, 6) is 0.796. The number of nitrogens with zero attached hydrogens (tertiary/aromatic N) is 4. The number of anilines is 2. The number of hydrogen-bond donors (Lipinski definition) is 3. The van der Waals surface area contributed by atoms with Crippen molar-refractivity contribution in [1.29, 1.82) is 0 Å². The second-order valence-electron chi connectivity index (χ2n) is 3.76. The van der Waals surface area contributed by atoms with Gasteiger partial charge in [-0.3, -0.25) is 4.57 Å². The molecule has 0 spiro atoms. The summed E-state index contributed by atoms with van der Waals surface area (Å²) in [6.45, 7) is 2.60. The van der Waals surface area contributed by atoms with E-state index in [0.29, 0.717) is 22.5 Å². The molecule has 0 aromatic carbocycles. The van der Waals surface area contributed by atoms with Gasteiger partial charge in [-0.05, 0) is 18.2 Å². The summed E-state index contributed by atoms with van der Waals surface area (Å²) in [6.07, 6.45) is 0.848. The fourth-order valence-corrected chi connectivity index (χ4v) is 2.39. The van der Waals surface area contributed by atoms with Crippen molar-refractivity contribution in [2.75, 3.05) is 18.1 Å². The highest BCUT2D eigenvalue weighted by Gasteiger charge is 2.11. The van der Waals surface area contributed by atoms with Crippen LogP contribution in [0.25, 0.3) is 0 Å². The molecule has 2 aromatic heterocycles. The van der Waals surface area contributed by atoms with E-state index in [1.165, 1.54) is 11.8 Å². The minimum Gasteiger partial charge on any atom is -0.373 e. The third-order valence-corrected chi connectivity index (χ3v) is 3.25. The van der Waals surface area contributed by atoms with Crippen LogP contribution in [-0.2, 0) is 6.54 Å². The van der Waals surface area contributed by atoms with Crippen molar-refractivity contribution in [2.24, 2.45) is 0 Å². The molecule has 0 aliphatic rings. The van der Waals surface area contributed by atoms with Crippen molar-refractivity contribution in [1.82, 2.24) is 24.7 Å². The molecule has 0 saturated heterocycles. The molecular weight excluding hydrogens is 266 g/mol. The van der Waals surface area contributed by atoms with Gasteiger partial charge in [0.2, 0.25) is 5.95 Å². The fourth-order valence-electron chi connectivity index (χ4n) is 1.52. The Kier molecular flexibility index (Phi) is 4.05. The van der Waals surface area contributed by atoms with Gasteiger partial charge in [0, 0.05) is 19.7 Å². The third kappa shape index (κ3) is 3.05. The molecule has 102 valence electrons. The largest absolute Gasteiger partial charge is 0.373 e. The zero-order valence-electron chi connectivity index (χ0n) is 10.7. The first kappa shape index (κ1) is 13.4. The van der Waals surface area contributed by atoms with E-state index in [2.05, 4.69) is 25.5 Å². The lowest BCUT2D eigenvalue weighted by atomic mass is 10.5. The van der Waals surface area contributed by atoms with Gasteiger partial charge in [0.05, 0.1) is 0 Å². The number of nitrogen functional groups attached to an aromatic ring is 1. The minimum absolute atomic E-state index is 0.175. The zero-order chi connectivity index (χ0) is 13.8. The van der Waals surface area contributed by atoms with E-state index in [-0.39, 0.29) is 11.6 Å². The average Bonchev–Trinajstić information content (AvgIpc) is 2.71. The molecule has 8 nitrogen and oxygen atoms in total. The third-order valence-electron chi connectivity index (χ3n) is 2.34. The van der Waals surface area contributed by atoms with Gasteiger partial charge in [-0.25, -0.2) is 14.9 Å². The second-order valence-corrected chi connectivity index (χ2v) is 4.75. The van der Waals surface area contributed by atoms with Crippen molar-refractivity contribution in [3.05, 3.63) is 16.6 Å². The van der Waals surface area contributed by atoms with Crippen molar-refractivity contribution in [3.63, 3.8) is 0 Å². The minimum atomic E-state index is -0.222. The van der Waals surface area contributed by atoms with E-state index in [0.717, 1.165) is 6.42 Å². The highest BCUT2D eigenvalue weighted by molar-refractivity contribution is 7.99. The van der Waals surface area contributed by atoms with E-state index in [1.807, 2.05) is 6.92 Å². The Labute approximate surface area is 113 Å². The number of aromatic amines is 1. The molecular formula is C10H15N7OS. The van der Waals surface area contributed by atoms with Crippen LogP contribution in [0.1, 0.15) is 13.3 Å². The first-order valence-corrected chi connectivity index (χ1v) is 6.61. The van der Waals surface area contributed by atoms with Crippen molar-refractivity contribution in [3.8, 4) is 0 Å². The van der Waals surface area contributed by atoms with E-state index >= 15 is 0 Å². The number of nitrogens with two attached hydrogens (primary N) is 1. The quantitative estimate of drug-likeness (QED) is 0.685. The molecule has 2 aromatic rings. The second kappa shape index (κ2) is 5.74. The number of H-pyrrole nitrogens is 1. The van der Waals surface area contributed by atoms with Crippen molar-refractivity contribution < 1.29 is 0 Å². The molecule has 19 heavy (non-hydrogen) atoms. The van der Waals surface area contributed by atoms with Gasteiger partial charge in [-0.15, -0.1) is 5.10 Å². The highest BCUT2D eigenvalue weighted by Crippen LogP contribution is 2.25. The summed E-state index contributed by atoms with van der Waals surface area (Å²) < 4.78 is 1.57. The van der Waals surface area contributed by atoms with Gasteiger partial charge in [0.1, 0.15) is 10.8 Å². The Hall–Kier alpha value is -2.03. The molecule has 4 N–H and O–H groups in total. The number of rotatable bonds is 5. The molecule has 0 radical (unpaired) electrons. The lowest BCUT2D eigenvalue weighted by Crippen LogP contribution is -2.17. The van der Waals surface area contributed by atoms with E-state index in [4.69, 9.17) is 5.73 Å². The molecule has 0 fully saturated rings.